The Morgan fingerprint density at radius 3 is 2.31 bits per heavy atom. The number of hydrogen-bond donors (Lipinski definition) is 2. The topological polar surface area (TPSA) is 62.0 Å². The fourth-order valence-electron chi connectivity index (χ4n) is 3.27. The van der Waals surface area contributed by atoms with E-state index in [4.69, 9.17) is 11.6 Å². The molecule has 3 aromatic carbocycles. The van der Waals surface area contributed by atoms with Crippen LogP contribution in [0.2, 0.25) is 5.02 Å². The Hall–Kier alpha value is -3.65. The molecule has 0 unspecified atom stereocenters. The van der Waals surface area contributed by atoms with Gasteiger partial charge in [0.05, 0.1) is 11.3 Å². The van der Waals surface area contributed by atoms with Gasteiger partial charge in [0, 0.05) is 27.1 Å². The van der Waals surface area contributed by atoms with Crippen LogP contribution < -0.4 is 5.32 Å². The van der Waals surface area contributed by atoms with Gasteiger partial charge >= 0.3 is 6.18 Å². The molecule has 0 aliphatic rings. The molecule has 0 saturated heterocycles. The maximum atomic E-state index is 13.8. The highest BCUT2D eigenvalue weighted by molar-refractivity contribution is 6.31. The summed E-state index contributed by atoms with van der Waals surface area (Å²) in [6.07, 6.45) is -4.83. The number of hydrogen-bond acceptors (Lipinski definition) is 2. The average Bonchev–Trinajstić information content (AvgIpc) is 3.10. The Morgan fingerprint density at radius 2 is 1.62 bits per heavy atom. The number of aromatic amines is 1. The van der Waals surface area contributed by atoms with Crippen molar-refractivity contribution >= 4 is 39.9 Å². The van der Waals surface area contributed by atoms with E-state index in [-0.39, 0.29) is 11.4 Å². The molecule has 0 fully saturated rings. The number of fused-ring (bicyclic) bond motifs is 1. The van der Waals surface area contributed by atoms with Crippen molar-refractivity contribution in [3.05, 3.63) is 100.0 Å². The van der Waals surface area contributed by atoms with E-state index in [1.54, 1.807) is 36.4 Å². The molecule has 1 aromatic heterocycles. The summed E-state index contributed by atoms with van der Waals surface area (Å²) in [5.74, 6) is -2.67. The smallest absolute Gasteiger partial charge is 0.350 e. The van der Waals surface area contributed by atoms with Gasteiger partial charge in [-0.15, -0.1) is 0 Å². The summed E-state index contributed by atoms with van der Waals surface area (Å²) < 4.78 is 52.9. The number of alkyl halides is 3. The first-order chi connectivity index (χ1) is 15.1. The van der Waals surface area contributed by atoms with Gasteiger partial charge in [-0.25, -0.2) is 4.39 Å². The minimum atomic E-state index is -4.83. The molecule has 9 heteroatoms. The van der Waals surface area contributed by atoms with Crippen LogP contribution in [0.5, 0.6) is 0 Å². The Labute approximate surface area is 183 Å². The number of nitrogens with one attached hydrogen (secondary N) is 2. The molecule has 32 heavy (non-hydrogen) atoms. The lowest BCUT2D eigenvalue weighted by molar-refractivity contribution is -0.137. The van der Waals surface area contributed by atoms with E-state index >= 15 is 0 Å². The summed E-state index contributed by atoms with van der Waals surface area (Å²) in [4.78, 5) is 28.7. The van der Waals surface area contributed by atoms with Gasteiger partial charge in [0.2, 0.25) is 5.78 Å². The van der Waals surface area contributed by atoms with E-state index in [1.165, 1.54) is 12.1 Å². The van der Waals surface area contributed by atoms with Crippen LogP contribution in [0.3, 0.4) is 0 Å². The third-order valence-electron chi connectivity index (χ3n) is 4.75. The molecule has 2 N–H and O–H groups in total. The van der Waals surface area contributed by atoms with Gasteiger partial charge < -0.3 is 10.3 Å². The molecule has 0 bridgehead atoms. The molecule has 4 aromatic rings. The Bertz CT molecular complexity index is 1350. The molecule has 162 valence electrons. The maximum absolute atomic E-state index is 13.8. The predicted molar refractivity (Wildman–Crippen MR) is 113 cm³/mol. The molecule has 4 nitrogen and oxygen atoms in total. The molecule has 1 heterocycles. The first-order valence-corrected chi connectivity index (χ1v) is 9.61. The summed E-state index contributed by atoms with van der Waals surface area (Å²) >= 11 is 6.02. The van der Waals surface area contributed by atoms with E-state index in [1.807, 2.05) is 0 Å². The zero-order valence-corrected chi connectivity index (χ0v) is 16.8. The monoisotopic (exact) mass is 460 g/mol. The quantitative estimate of drug-likeness (QED) is 0.271. The number of anilines is 1. The standard InChI is InChI=1S/C23H13ClF4N2O2/c24-15-6-7-17-18(11-15)29-20(21(31)12-4-2-1-3-5-12)19(17)30-22(32)13-8-14(23(26,27)28)10-16(25)9-13/h1-11,29H,(H,30,32). The minimum absolute atomic E-state index is 0.00858. The van der Waals surface area contributed by atoms with Crippen molar-refractivity contribution in [3.63, 3.8) is 0 Å². The average molecular weight is 461 g/mol. The van der Waals surface area contributed by atoms with Gasteiger partial charge in [-0.2, -0.15) is 13.2 Å². The van der Waals surface area contributed by atoms with Crippen LogP contribution in [0.1, 0.15) is 32.0 Å². The Kier molecular flexibility index (Phi) is 5.48. The SMILES string of the molecule is O=C(Nc1c(C(=O)c2ccccc2)[nH]c2cc(Cl)ccc12)c1cc(F)cc(C(F)(F)F)c1. The number of ketones is 1. The highest BCUT2D eigenvalue weighted by Crippen LogP contribution is 2.33. The zero-order chi connectivity index (χ0) is 23.0. The maximum Gasteiger partial charge on any atom is 0.416 e. The number of rotatable bonds is 4. The normalized spacial score (nSPS) is 11.5. The van der Waals surface area contributed by atoms with Gasteiger partial charge in [0.25, 0.3) is 5.91 Å². The van der Waals surface area contributed by atoms with Gasteiger partial charge in [0.1, 0.15) is 11.5 Å². The van der Waals surface area contributed by atoms with Gasteiger partial charge in [-0.05, 0) is 36.4 Å². The van der Waals surface area contributed by atoms with Crippen LogP contribution in [-0.4, -0.2) is 16.7 Å². The number of carbonyl (C=O) groups is 2. The third kappa shape index (κ3) is 4.22. The van der Waals surface area contributed by atoms with Crippen molar-refractivity contribution in [1.29, 1.82) is 0 Å². The summed E-state index contributed by atoms with van der Waals surface area (Å²) in [6.45, 7) is 0. The van der Waals surface area contributed by atoms with Crippen LogP contribution in [0, 0.1) is 5.82 Å². The number of halogens is 5. The van der Waals surface area contributed by atoms with Crippen molar-refractivity contribution in [3.8, 4) is 0 Å². The van der Waals surface area contributed by atoms with E-state index < -0.39 is 34.8 Å². The molecule has 0 radical (unpaired) electrons. The second-order valence-corrected chi connectivity index (χ2v) is 7.38. The molecule has 0 saturated carbocycles. The fraction of sp³-hybridized carbons (Fsp3) is 0.0435. The summed E-state index contributed by atoms with van der Waals surface area (Å²) in [7, 11) is 0. The summed E-state index contributed by atoms with van der Waals surface area (Å²) in [5.41, 5.74) is -1.02. The number of carbonyl (C=O) groups excluding carboxylic acids is 2. The van der Waals surface area contributed by atoms with Crippen molar-refractivity contribution in [2.45, 2.75) is 6.18 Å². The van der Waals surface area contributed by atoms with E-state index in [9.17, 15) is 27.2 Å². The number of aromatic nitrogens is 1. The van der Waals surface area contributed by atoms with E-state index in [2.05, 4.69) is 10.3 Å². The Balaban J connectivity index is 1.80. The minimum Gasteiger partial charge on any atom is -0.350 e. The second kappa shape index (κ2) is 8.12. The van der Waals surface area contributed by atoms with Gasteiger partial charge in [0.15, 0.2) is 0 Å². The molecule has 0 aliphatic carbocycles. The molecule has 0 spiro atoms. The molecule has 1 amide bonds. The summed E-state index contributed by atoms with van der Waals surface area (Å²) in [6, 6.07) is 14.4. The largest absolute Gasteiger partial charge is 0.416 e. The van der Waals surface area contributed by atoms with Gasteiger partial charge in [-0.3, -0.25) is 9.59 Å². The number of benzene rings is 3. The molecule has 4 rings (SSSR count). The fourth-order valence-corrected chi connectivity index (χ4v) is 3.45. The predicted octanol–water partition coefficient (Wildman–Crippen LogP) is 6.46. The van der Waals surface area contributed by atoms with Crippen molar-refractivity contribution in [2.75, 3.05) is 5.32 Å². The van der Waals surface area contributed by atoms with Crippen molar-refractivity contribution < 1.29 is 27.2 Å². The van der Waals surface area contributed by atoms with Gasteiger partial charge in [-0.1, -0.05) is 41.9 Å². The second-order valence-electron chi connectivity index (χ2n) is 6.94. The molecular formula is C23H13ClF4N2O2. The van der Waals surface area contributed by atoms with Crippen LogP contribution in [-0.2, 0) is 6.18 Å². The number of H-pyrrole nitrogens is 1. The lowest BCUT2D eigenvalue weighted by Crippen LogP contribution is -2.16. The molecule has 0 atom stereocenters. The first kappa shape index (κ1) is 21.6. The van der Waals surface area contributed by atoms with Crippen LogP contribution >= 0.6 is 11.6 Å². The first-order valence-electron chi connectivity index (χ1n) is 9.23. The Morgan fingerprint density at radius 1 is 0.906 bits per heavy atom. The lowest BCUT2D eigenvalue weighted by Gasteiger charge is -2.11. The van der Waals surface area contributed by atoms with E-state index in [0.29, 0.717) is 39.7 Å². The number of amides is 1. The van der Waals surface area contributed by atoms with Crippen LogP contribution in [0.15, 0.2) is 66.7 Å². The molecular weight excluding hydrogens is 448 g/mol. The molecule has 0 aliphatic heterocycles. The van der Waals surface area contributed by atoms with Crippen LogP contribution in [0.4, 0.5) is 23.2 Å². The van der Waals surface area contributed by atoms with Crippen molar-refractivity contribution in [1.82, 2.24) is 4.98 Å². The van der Waals surface area contributed by atoms with E-state index in [0.717, 1.165) is 0 Å². The van der Waals surface area contributed by atoms with Crippen LogP contribution in [0.25, 0.3) is 10.9 Å². The third-order valence-corrected chi connectivity index (χ3v) is 4.98. The lowest BCUT2D eigenvalue weighted by atomic mass is 10.1. The summed E-state index contributed by atoms with van der Waals surface area (Å²) in [5, 5.41) is 3.24. The highest BCUT2D eigenvalue weighted by atomic mass is 35.5. The van der Waals surface area contributed by atoms with Crippen molar-refractivity contribution in [2.24, 2.45) is 0 Å². The zero-order valence-electron chi connectivity index (χ0n) is 16.1. The highest BCUT2D eigenvalue weighted by Gasteiger charge is 2.32.